The monoisotopic (exact) mass is 484 g/mol. The maximum atomic E-state index is 13.0. The van der Waals surface area contributed by atoms with Crippen LogP contribution in [0.25, 0.3) is 6.08 Å². The molecule has 31 heavy (non-hydrogen) atoms. The summed E-state index contributed by atoms with van der Waals surface area (Å²) in [6, 6.07) is 9.56. The van der Waals surface area contributed by atoms with Gasteiger partial charge in [-0.2, -0.15) is 10.1 Å². The molecule has 0 saturated carbocycles. The molecule has 0 unspecified atom stereocenters. The van der Waals surface area contributed by atoms with Crippen LogP contribution in [0.5, 0.6) is 11.5 Å². The molecule has 1 aliphatic rings. The second-order valence-corrected chi connectivity index (χ2v) is 7.42. The molecule has 0 fully saturated rings. The molecule has 160 valence electrons. The van der Waals surface area contributed by atoms with Gasteiger partial charge in [0.1, 0.15) is 6.61 Å². The predicted octanol–water partition coefficient (Wildman–Crippen LogP) is 4.92. The Balaban J connectivity index is 1.93. The number of amides is 1. The lowest BCUT2D eigenvalue weighted by Crippen LogP contribution is -2.21. The van der Waals surface area contributed by atoms with Gasteiger partial charge in [-0.3, -0.25) is 4.79 Å². The average molecular weight is 485 g/mol. The van der Waals surface area contributed by atoms with E-state index in [1.165, 1.54) is 17.1 Å². The van der Waals surface area contributed by atoms with Crippen molar-refractivity contribution >= 4 is 45.3 Å². The number of nitrogens with zero attached hydrogens (tertiary/aromatic N) is 2. The van der Waals surface area contributed by atoms with E-state index in [-0.39, 0.29) is 11.5 Å². The van der Waals surface area contributed by atoms with E-state index in [9.17, 15) is 9.59 Å². The zero-order valence-electron chi connectivity index (χ0n) is 17.1. The van der Waals surface area contributed by atoms with Crippen LogP contribution in [0, 0.1) is 0 Å². The Morgan fingerprint density at radius 3 is 2.52 bits per heavy atom. The first kappa shape index (κ1) is 22.3. The highest BCUT2D eigenvalue weighted by Gasteiger charge is 2.29. The minimum Gasteiger partial charge on any atom is -0.490 e. The highest BCUT2D eigenvalue weighted by Crippen LogP contribution is 2.36. The second kappa shape index (κ2) is 9.61. The quantitative estimate of drug-likeness (QED) is 0.424. The molecule has 0 saturated heterocycles. The van der Waals surface area contributed by atoms with Gasteiger partial charge >= 0.3 is 5.97 Å². The number of hydrogen-bond donors (Lipinski definition) is 1. The first-order valence-electron chi connectivity index (χ1n) is 9.50. The smallest absolute Gasteiger partial charge is 0.335 e. The van der Waals surface area contributed by atoms with E-state index in [1.807, 2.05) is 6.92 Å². The molecule has 8 heteroatoms. The van der Waals surface area contributed by atoms with Crippen molar-refractivity contribution in [1.29, 1.82) is 0 Å². The van der Waals surface area contributed by atoms with Crippen molar-refractivity contribution in [2.45, 2.75) is 13.8 Å². The van der Waals surface area contributed by atoms with Gasteiger partial charge < -0.3 is 14.6 Å². The number of benzene rings is 2. The van der Waals surface area contributed by atoms with Crippen molar-refractivity contribution < 1.29 is 24.2 Å². The zero-order chi connectivity index (χ0) is 22.5. The van der Waals surface area contributed by atoms with Crippen LogP contribution in [0.1, 0.15) is 29.8 Å². The Hall–Kier alpha value is -3.39. The lowest BCUT2D eigenvalue weighted by molar-refractivity contribution is -0.114. The number of carboxylic acids is 1. The van der Waals surface area contributed by atoms with E-state index in [1.54, 1.807) is 43.3 Å². The van der Waals surface area contributed by atoms with Crippen molar-refractivity contribution in [3.63, 3.8) is 0 Å². The number of ether oxygens (including phenoxy) is 2. The fourth-order valence-electron chi connectivity index (χ4n) is 2.95. The molecule has 0 bridgehead atoms. The minimum absolute atomic E-state index is 0.137. The first-order valence-corrected chi connectivity index (χ1v) is 10.3. The largest absolute Gasteiger partial charge is 0.490 e. The van der Waals surface area contributed by atoms with Gasteiger partial charge in [0.05, 0.1) is 29.1 Å². The molecule has 1 amide bonds. The normalized spacial score (nSPS) is 14.5. The van der Waals surface area contributed by atoms with E-state index in [2.05, 4.69) is 27.6 Å². The van der Waals surface area contributed by atoms with Crippen LogP contribution in [0.3, 0.4) is 0 Å². The van der Waals surface area contributed by atoms with Gasteiger partial charge in [0, 0.05) is 4.47 Å². The zero-order valence-corrected chi connectivity index (χ0v) is 18.7. The summed E-state index contributed by atoms with van der Waals surface area (Å²) in [5.74, 6) is -0.216. The van der Waals surface area contributed by atoms with Crippen LogP contribution in [0.4, 0.5) is 5.69 Å². The molecule has 0 aromatic heterocycles. The molecule has 1 heterocycles. The Morgan fingerprint density at radius 2 is 1.90 bits per heavy atom. The topological polar surface area (TPSA) is 88.4 Å². The number of carbonyl (C=O) groups is 2. The second-order valence-electron chi connectivity index (χ2n) is 6.57. The minimum atomic E-state index is -1.03. The highest BCUT2D eigenvalue weighted by atomic mass is 79.9. The van der Waals surface area contributed by atoms with E-state index < -0.39 is 5.97 Å². The van der Waals surface area contributed by atoms with Gasteiger partial charge in [-0.25, -0.2) is 4.79 Å². The maximum Gasteiger partial charge on any atom is 0.335 e. The van der Waals surface area contributed by atoms with Crippen molar-refractivity contribution in [3.8, 4) is 11.5 Å². The van der Waals surface area contributed by atoms with E-state index in [0.29, 0.717) is 41.7 Å². The van der Waals surface area contributed by atoms with Gasteiger partial charge in [0.15, 0.2) is 11.5 Å². The fourth-order valence-corrected chi connectivity index (χ4v) is 3.39. The van der Waals surface area contributed by atoms with Crippen LogP contribution in [0.15, 0.2) is 64.2 Å². The number of carbonyl (C=O) groups excluding carboxylic acids is 1. The molecular formula is C23H21BrN2O5. The number of hydrogen-bond acceptors (Lipinski definition) is 5. The molecule has 0 aliphatic carbocycles. The van der Waals surface area contributed by atoms with Crippen LogP contribution in [-0.2, 0) is 4.79 Å². The Morgan fingerprint density at radius 1 is 1.23 bits per heavy atom. The third-order valence-corrected chi connectivity index (χ3v) is 5.13. The molecule has 1 N–H and O–H groups in total. The van der Waals surface area contributed by atoms with E-state index in [4.69, 9.17) is 14.6 Å². The Bertz CT molecular complexity index is 1090. The molecule has 0 spiro atoms. The van der Waals surface area contributed by atoms with Gasteiger partial charge in [-0.15, -0.1) is 0 Å². The summed E-state index contributed by atoms with van der Waals surface area (Å²) in [6.07, 6.45) is 3.38. The maximum absolute atomic E-state index is 13.0. The van der Waals surface area contributed by atoms with Crippen LogP contribution in [0.2, 0.25) is 0 Å². The summed E-state index contributed by atoms with van der Waals surface area (Å²) < 4.78 is 12.1. The summed E-state index contributed by atoms with van der Waals surface area (Å²) >= 11 is 3.53. The molecular weight excluding hydrogens is 464 g/mol. The van der Waals surface area contributed by atoms with Crippen LogP contribution >= 0.6 is 15.9 Å². The fraction of sp³-hybridized carbons (Fsp3) is 0.174. The Labute approximate surface area is 188 Å². The molecule has 0 radical (unpaired) electrons. The first-order chi connectivity index (χ1) is 14.8. The molecule has 2 aromatic carbocycles. The van der Waals surface area contributed by atoms with Crippen molar-refractivity contribution in [1.82, 2.24) is 0 Å². The van der Waals surface area contributed by atoms with Crippen LogP contribution in [-0.4, -0.2) is 35.9 Å². The number of halogens is 1. The highest BCUT2D eigenvalue weighted by molar-refractivity contribution is 9.10. The summed E-state index contributed by atoms with van der Waals surface area (Å²) in [7, 11) is 0. The Kier molecular flexibility index (Phi) is 6.91. The summed E-state index contributed by atoms with van der Waals surface area (Å²) in [5, 5.41) is 14.6. The molecule has 7 nitrogen and oxygen atoms in total. The third kappa shape index (κ3) is 4.86. The third-order valence-electron chi connectivity index (χ3n) is 4.44. The molecule has 0 atom stereocenters. The van der Waals surface area contributed by atoms with Gasteiger partial charge in [0.25, 0.3) is 5.91 Å². The number of aromatic carboxylic acids is 1. The summed E-state index contributed by atoms with van der Waals surface area (Å²) in [6.45, 7) is 8.07. The number of hydrazone groups is 1. The van der Waals surface area contributed by atoms with E-state index >= 15 is 0 Å². The van der Waals surface area contributed by atoms with Gasteiger partial charge in [-0.1, -0.05) is 28.6 Å². The predicted molar refractivity (Wildman–Crippen MR) is 123 cm³/mol. The number of anilines is 1. The molecule has 2 aromatic rings. The van der Waals surface area contributed by atoms with Crippen LogP contribution < -0.4 is 14.5 Å². The summed E-state index contributed by atoms with van der Waals surface area (Å²) in [5.41, 5.74) is 2.32. The van der Waals surface area contributed by atoms with Crippen molar-refractivity contribution in [2.75, 3.05) is 18.2 Å². The van der Waals surface area contributed by atoms with E-state index in [0.717, 1.165) is 10.0 Å². The lowest BCUT2D eigenvalue weighted by Gasteiger charge is -2.14. The van der Waals surface area contributed by atoms with Gasteiger partial charge in [-0.05, 0) is 61.9 Å². The molecule has 1 aliphatic heterocycles. The van der Waals surface area contributed by atoms with Crippen molar-refractivity contribution in [3.05, 3.63) is 70.2 Å². The standard InChI is InChI=1S/C23H21BrN2O5/c1-4-10-31-21-13-19(24)16(12-20(21)30-5-2)11-18-14(3)25-26(22(18)27)17-8-6-15(7-9-17)23(28)29/h4,6-9,11-13H,1,5,10H2,2-3H3,(H,28,29)/b18-11-. The summed E-state index contributed by atoms with van der Waals surface area (Å²) in [4.78, 5) is 24.1. The lowest BCUT2D eigenvalue weighted by atomic mass is 10.1. The van der Waals surface area contributed by atoms with Crippen molar-refractivity contribution in [2.24, 2.45) is 5.10 Å². The average Bonchev–Trinajstić information content (AvgIpc) is 3.03. The van der Waals surface area contributed by atoms with Gasteiger partial charge in [0.2, 0.25) is 0 Å². The number of rotatable bonds is 8. The number of carboxylic acid groups (broad SMARTS) is 1. The molecule has 3 rings (SSSR count). The SMILES string of the molecule is C=CCOc1cc(Br)c(/C=C2\C(=O)N(c3ccc(C(=O)O)cc3)N=C2C)cc1OCC.